The monoisotopic (exact) mass is 305 g/mol. The summed E-state index contributed by atoms with van der Waals surface area (Å²) >= 11 is 7.78. The summed E-state index contributed by atoms with van der Waals surface area (Å²) in [6.45, 7) is 6.28. The lowest BCUT2D eigenvalue weighted by molar-refractivity contribution is 0.627. The second kappa shape index (κ2) is 5.19. The third-order valence-corrected chi connectivity index (χ3v) is 4.86. The molecule has 0 N–H and O–H groups in total. The molecule has 3 rings (SSSR count). The number of aromatic nitrogens is 3. The highest BCUT2D eigenvalue weighted by atomic mass is 35.5. The van der Waals surface area contributed by atoms with Gasteiger partial charge in [0.1, 0.15) is 10.8 Å². The standard InChI is InChI=1S/C15H16ClN3S/c1-9-5-4-6-12-14(9)19(13(7-16)18-12)11(3)15-17-10(2)8-20-15/h4-6,8,11H,7H2,1-3H3. The molecule has 2 heterocycles. The molecule has 0 aliphatic rings. The minimum Gasteiger partial charge on any atom is -0.317 e. The van der Waals surface area contributed by atoms with Crippen molar-refractivity contribution in [2.75, 3.05) is 0 Å². The van der Waals surface area contributed by atoms with Gasteiger partial charge in [-0.3, -0.25) is 0 Å². The molecule has 0 saturated carbocycles. The second-order valence-electron chi connectivity index (χ2n) is 4.98. The molecule has 0 saturated heterocycles. The van der Waals surface area contributed by atoms with Crippen molar-refractivity contribution in [3.05, 3.63) is 45.7 Å². The Bertz CT molecular complexity index is 760. The van der Waals surface area contributed by atoms with Crippen LogP contribution in [0.5, 0.6) is 0 Å². The number of para-hydroxylation sites is 1. The van der Waals surface area contributed by atoms with E-state index in [0.29, 0.717) is 5.88 Å². The molecule has 3 nitrogen and oxygen atoms in total. The summed E-state index contributed by atoms with van der Waals surface area (Å²) in [5.74, 6) is 1.30. The van der Waals surface area contributed by atoms with Crippen LogP contribution in [0, 0.1) is 13.8 Å². The van der Waals surface area contributed by atoms with Crippen LogP contribution in [-0.2, 0) is 5.88 Å². The number of aryl methyl sites for hydroxylation is 2. The van der Waals surface area contributed by atoms with Crippen molar-refractivity contribution in [2.45, 2.75) is 32.7 Å². The Hall–Kier alpha value is -1.39. The van der Waals surface area contributed by atoms with Crippen molar-refractivity contribution in [1.82, 2.24) is 14.5 Å². The van der Waals surface area contributed by atoms with Crippen LogP contribution in [0.15, 0.2) is 23.6 Å². The van der Waals surface area contributed by atoms with Gasteiger partial charge < -0.3 is 4.57 Å². The van der Waals surface area contributed by atoms with E-state index in [1.54, 1.807) is 11.3 Å². The van der Waals surface area contributed by atoms with Crippen molar-refractivity contribution >= 4 is 34.0 Å². The number of halogens is 1. The topological polar surface area (TPSA) is 30.7 Å². The SMILES string of the molecule is Cc1csc(C(C)n2c(CCl)nc3cccc(C)c32)n1. The van der Waals surface area contributed by atoms with Crippen molar-refractivity contribution < 1.29 is 0 Å². The number of alkyl halides is 1. The van der Waals surface area contributed by atoms with Gasteiger partial charge in [0.15, 0.2) is 0 Å². The average Bonchev–Trinajstić information content (AvgIpc) is 3.02. The Morgan fingerprint density at radius 1 is 1.30 bits per heavy atom. The van der Waals surface area contributed by atoms with Crippen molar-refractivity contribution in [3.8, 4) is 0 Å². The fourth-order valence-electron chi connectivity index (χ4n) is 2.56. The highest BCUT2D eigenvalue weighted by Gasteiger charge is 2.19. The van der Waals surface area contributed by atoms with Gasteiger partial charge in [0.25, 0.3) is 0 Å². The van der Waals surface area contributed by atoms with Crippen LogP contribution < -0.4 is 0 Å². The molecule has 0 aliphatic heterocycles. The zero-order chi connectivity index (χ0) is 14.3. The number of rotatable bonds is 3. The first-order valence-electron chi connectivity index (χ1n) is 6.56. The molecule has 5 heteroatoms. The van der Waals surface area contributed by atoms with Crippen LogP contribution >= 0.6 is 22.9 Å². The van der Waals surface area contributed by atoms with Gasteiger partial charge in [-0.15, -0.1) is 22.9 Å². The van der Waals surface area contributed by atoms with Gasteiger partial charge in [0, 0.05) is 11.1 Å². The number of hydrogen-bond donors (Lipinski definition) is 0. The number of nitrogens with zero attached hydrogens (tertiary/aromatic N) is 3. The minimum absolute atomic E-state index is 0.147. The molecule has 1 atom stereocenters. The van der Waals surface area contributed by atoms with Crippen LogP contribution in [0.4, 0.5) is 0 Å². The molecule has 0 amide bonds. The third-order valence-electron chi connectivity index (χ3n) is 3.49. The summed E-state index contributed by atoms with van der Waals surface area (Å²) in [7, 11) is 0. The van der Waals surface area contributed by atoms with Crippen molar-refractivity contribution in [2.24, 2.45) is 0 Å². The Balaban J connectivity index is 2.23. The first-order chi connectivity index (χ1) is 9.61. The third kappa shape index (κ3) is 2.13. The predicted molar refractivity (Wildman–Crippen MR) is 84.7 cm³/mol. The Morgan fingerprint density at radius 3 is 2.75 bits per heavy atom. The van der Waals surface area contributed by atoms with Crippen molar-refractivity contribution in [1.29, 1.82) is 0 Å². The first-order valence-corrected chi connectivity index (χ1v) is 7.97. The maximum atomic E-state index is 6.09. The number of hydrogen-bond acceptors (Lipinski definition) is 3. The van der Waals surface area contributed by atoms with Crippen LogP contribution in [0.1, 0.15) is 35.1 Å². The van der Waals surface area contributed by atoms with Crippen LogP contribution in [0.2, 0.25) is 0 Å². The zero-order valence-corrected chi connectivity index (χ0v) is 13.3. The molecule has 2 aromatic heterocycles. The number of fused-ring (bicyclic) bond motifs is 1. The van der Waals surface area contributed by atoms with Crippen LogP contribution in [0.3, 0.4) is 0 Å². The summed E-state index contributed by atoms with van der Waals surface area (Å²) < 4.78 is 2.22. The van der Waals surface area contributed by atoms with Crippen LogP contribution in [0.25, 0.3) is 11.0 Å². The molecule has 0 radical (unpaired) electrons. The molecular formula is C15H16ClN3S. The van der Waals surface area contributed by atoms with E-state index in [4.69, 9.17) is 11.6 Å². The summed E-state index contributed by atoms with van der Waals surface area (Å²) in [5, 5.41) is 3.18. The molecule has 0 spiro atoms. The lowest BCUT2D eigenvalue weighted by Crippen LogP contribution is -2.10. The number of imidazole rings is 1. The molecule has 1 unspecified atom stereocenters. The maximum Gasteiger partial charge on any atom is 0.125 e. The molecule has 0 bridgehead atoms. The van der Waals surface area contributed by atoms with E-state index in [1.807, 2.05) is 19.1 Å². The zero-order valence-electron chi connectivity index (χ0n) is 11.7. The lowest BCUT2D eigenvalue weighted by Gasteiger charge is -2.15. The van der Waals surface area contributed by atoms with E-state index in [0.717, 1.165) is 27.6 Å². The van der Waals surface area contributed by atoms with E-state index < -0.39 is 0 Å². The lowest BCUT2D eigenvalue weighted by atomic mass is 10.2. The smallest absolute Gasteiger partial charge is 0.125 e. The molecule has 0 aliphatic carbocycles. The van der Waals surface area contributed by atoms with Gasteiger partial charge in [-0.2, -0.15) is 0 Å². The fraction of sp³-hybridized carbons (Fsp3) is 0.333. The van der Waals surface area contributed by atoms with Gasteiger partial charge in [-0.25, -0.2) is 9.97 Å². The van der Waals surface area contributed by atoms with Gasteiger partial charge in [-0.05, 0) is 32.4 Å². The quantitative estimate of drug-likeness (QED) is 0.669. The van der Waals surface area contributed by atoms with Crippen LogP contribution in [-0.4, -0.2) is 14.5 Å². The molecular weight excluding hydrogens is 290 g/mol. The molecule has 20 heavy (non-hydrogen) atoms. The minimum atomic E-state index is 0.147. The average molecular weight is 306 g/mol. The molecule has 3 aromatic rings. The van der Waals surface area contributed by atoms with E-state index in [-0.39, 0.29) is 6.04 Å². The second-order valence-corrected chi connectivity index (χ2v) is 6.13. The van der Waals surface area contributed by atoms with Crippen molar-refractivity contribution in [3.63, 3.8) is 0 Å². The van der Waals surface area contributed by atoms with Gasteiger partial charge in [-0.1, -0.05) is 12.1 Å². The van der Waals surface area contributed by atoms with E-state index in [9.17, 15) is 0 Å². The normalized spacial score (nSPS) is 13.0. The van der Waals surface area contributed by atoms with E-state index in [2.05, 4.69) is 39.8 Å². The highest BCUT2D eigenvalue weighted by Crippen LogP contribution is 2.30. The fourth-order valence-corrected chi connectivity index (χ4v) is 3.59. The Labute approximate surface area is 127 Å². The van der Waals surface area contributed by atoms with Gasteiger partial charge in [0.2, 0.25) is 0 Å². The summed E-state index contributed by atoms with van der Waals surface area (Å²) in [6.07, 6.45) is 0. The molecule has 104 valence electrons. The summed E-state index contributed by atoms with van der Waals surface area (Å²) in [5.41, 5.74) is 4.43. The van der Waals surface area contributed by atoms with Gasteiger partial charge >= 0.3 is 0 Å². The van der Waals surface area contributed by atoms with E-state index in [1.165, 1.54) is 5.56 Å². The first kappa shape index (κ1) is 13.6. The molecule has 0 fully saturated rings. The van der Waals surface area contributed by atoms with Gasteiger partial charge in [0.05, 0.1) is 23.0 Å². The Kier molecular flexibility index (Phi) is 3.52. The van der Waals surface area contributed by atoms with E-state index >= 15 is 0 Å². The highest BCUT2D eigenvalue weighted by molar-refractivity contribution is 7.09. The largest absolute Gasteiger partial charge is 0.317 e. The number of thiazole rings is 1. The predicted octanol–water partition coefficient (Wildman–Crippen LogP) is 4.46. The summed E-state index contributed by atoms with van der Waals surface area (Å²) in [6, 6.07) is 6.33. The molecule has 1 aromatic carbocycles. The maximum absolute atomic E-state index is 6.09. The summed E-state index contributed by atoms with van der Waals surface area (Å²) in [4.78, 5) is 9.26. The number of benzene rings is 1. The Morgan fingerprint density at radius 2 is 2.10 bits per heavy atom.